The maximum absolute atomic E-state index is 13.2. The minimum absolute atomic E-state index is 0.148. The third kappa shape index (κ3) is 2.73. The number of ether oxygens (including phenoxy) is 3. The number of anilines is 1. The van der Waals surface area contributed by atoms with Crippen LogP contribution in [0, 0.1) is 0 Å². The van der Waals surface area contributed by atoms with E-state index < -0.39 is 18.6 Å². The van der Waals surface area contributed by atoms with E-state index >= 15 is 0 Å². The van der Waals surface area contributed by atoms with Gasteiger partial charge in [0.2, 0.25) is 0 Å². The van der Waals surface area contributed by atoms with Crippen LogP contribution in [0.2, 0.25) is 0 Å². The molecule has 2 aromatic rings. The Morgan fingerprint density at radius 1 is 1.38 bits per heavy atom. The number of hydrogen-bond donors (Lipinski definition) is 0. The number of aromatic nitrogens is 2. The van der Waals surface area contributed by atoms with E-state index in [1.165, 1.54) is 0 Å². The molecule has 4 rings (SSSR count). The number of hydrogen-bond acceptors (Lipinski definition) is 5. The van der Waals surface area contributed by atoms with E-state index in [4.69, 9.17) is 14.2 Å². The van der Waals surface area contributed by atoms with Gasteiger partial charge in [-0.2, -0.15) is 0 Å². The Balaban J connectivity index is 1.74. The van der Waals surface area contributed by atoms with Gasteiger partial charge in [0.1, 0.15) is 36.6 Å². The van der Waals surface area contributed by atoms with Gasteiger partial charge in [-0.1, -0.05) is 0 Å². The van der Waals surface area contributed by atoms with Crippen molar-refractivity contribution in [2.45, 2.75) is 25.9 Å². The third-order valence-electron chi connectivity index (χ3n) is 4.30. The van der Waals surface area contributed by atoms with Crippen molar-refractivity contribution in [1.82, 2.24) is 9.55 Å². The van der Waals surface area contributed by atoms with Crippen LogP contribution in [-0.4, -0.2) is 47.9 Å². The minimum atomic E-state index is -2.72. The molecule has 3 heterocycles. The van der Waals surface area contributed by atoms with Crippen molar-refractivity contribution < 1.29 is 27.8 Å². The first-order valence-corrected chi connectivity index (χ1v) is 8.30. The minimum Gasteiger partial charge on any atom is -0.494 e. The van der Waals surface area contributed by atoms with Crippen LogP contribution in [-0.2, 0) is 11.3 Å². The Morgan fingerprint density at radius 3 is 3.00 bits per heavy atom. The molecule has 1 atom stereocenters. The molecule has 9 heteroatoms. The number of imidazole rings is 1. The Labute approximate surface area is 148 Å². The molecule has 1 saturated heterocycles. The summed E-state index contributed by atoms with van der Waals surface area (Å²) in [5.74, 6) is 1.96. The normalized spacial score (nSPS) is 18.8. The monoisotopic (exact) mass is 365 g/mol. The molecule has 1 aromatic heterocycles. The number of carbonyl (C=O) groups excluding carboxylic acids is 1. The lowest BCUT2D eigenvalue weighted by molar-refractivity contribution is 0.104. The van der Waals surface area contributed by atoms with Crippen molar-refractivity contribution >= 4 is 11.9 Å². The van der Waals surface area contributed by atoms with Gasteiger partial charge in [0, 0.05) is 12.3 Å². The number of benzene rings is 1. The summed E-state index contributed by atoms with van der Waals surface area (Å²) in [7, 11) is 0. The van der Waals surface area contributed by atoms with Crippen molar-refractivity contribution in [3.63, 3.8) is 0 Å². The van der Waals surface area contributed by atoms with Crippen molar-refractivity contribution in [2.24, 2.45) is 0 Å². The van der Waals surface area contributed by atoms with E-state index in [9.17, 15) is 13.6 Å². The van der Waals surface area contributed by atoms with E-state index in [1.807, 2.05) is 6.92 Å². The van der Waals surface area contributed by atoms with Crippen LogP contribution in [0.1, 0.15) is 6.92 Å². The van der Waals surface area contributed by atoms with Crippen molar-refractivity contribution in [2.75, 3.05) is 24.7 Å². The highest BCUT2D eigenvalue weighted by Crippen LogP contribution is 2.37. The number of amides is 1. The van der Waals surface area contributed by atoms with E-state index in [-0.39, 0.29) is 12.4 Å². The number of fused-ring (bicyclic) bond motifs is 3. The molecular weight excluding hydrogens is 348 g/mol. The van der Waals surface area contributed by atoms with Crippen LogP contribution < -0.4 is 14.4 Å². The van der Waals surface area contributed by atoms with Crippen LogP contribution in [0.5, 0.6) is 11.5 Å². The van der Waals surface area contributed by atoms with Crippen LogP contribution in [0.25, 0.3) is 11.4 Å². The molecule has 1 amide bonds. The number of cyclic esters (lactones) is 1. The molecule has 26 heavy (non-hydrogen) atoms. The third-order valence-corrected chi connectivity index (χ3v) is 4.30. The fourth-order valence-corrected chi connectivity index (χ4v) is 3.11. The lowest BCUT2D eigenvalue weighted by Gasteiger charge is -2.17. The number of rotatable bonds is 4. The standard InChI is InChI=1S/C17H17F2N3O4/c1-2-24-10-3-4-11-13(7-10)25-6-5-21-8-14(20-16(11)21)22-12(15(18)19)9-26-17(22)23/h3-4,7-8,12,15H,2,5-6,9H2,1H3. The fraction of sp³-hybridized carbons (Fsp3) is 0.412. The van der Waals surface area contributed by atoms with Gasteiger partial charge in [0.15, 0.2) is 5.82 Å². The highest BCUT2D eigenvalue weighted by molar-refractivity contribution is 5.89. The van der Waals surface area contributed by atoms with Gasteiger partial charge in [-0.3, -0.25) is 0 Å². The lowest BCUT2D eigenvalue weighted by Crippen LogP contribution is -2.38. The van der Waals surface area contributed by atoms with Crippen molar-refractivity contribution in [1.29, 1.82) is 0 Å². The van der Waals surface area contributed by atoms with Gasteiger partial charge in [0.25, 0.3) is 6.43 Å². The summed E-state index contributed by atoms with van der Waals surface area (Å²) in [4.78, 5) is 17.3. The summed E-state index contributed by atoms with van der Waals surface area (Å²) in [6.45, 7) is 2.93. The fourth-order valence-electron chi connectivity index (χ4n) is 3.11. The van der Waals surface area contributed by atoms with Gasteiger partial charge < -0.3 is 18.8 Å². The van der Waals surface area contributed by atoms with Crippen LogP contribution in [0.3, 0.4) is 0 Å². The van der Waals surface area contributed by atoms with E-state index in [2.05, 4.69) is 4.98 Å². The highest BCUT2D eigenvalue weighted by atomic mass is 19.3. The molecule has 1 unspecified atom stereocenters. The second-order valence-corrected chi connectivity index (χ2v) is 5.90. The smallest absolute Gasteiger partial charge is 0.416 e. The summed E-state index contributed by atoms with van der Waals surface area (Å²) in [6.07, 6.45) is -1.95. The molecule has 1 fully saturated rings. The predicted octanol–water partition coefficient (Wildman–Crippen LogP) is 2.93. The number of nitrogens with zero attached hydrogens (tertiary/aromatic N) is 3. The SMILES string of the molecule is CCOc1ccc2c(c1)OCCn1cc(N3C(=O)OCC3C(F)F)nc1-2. The average molecular weight is 365 g/mol. The Kier molecular flexibility index (Phi) is 4.14. The van der Waals surface area contributed by atoms with Crippen LogP contribution in [0.4, 0.5) is 19.4 Å². The van der Waals surface area contributed by atoms with Crippen molar-refractivity contribution in [3.8, 4) is 22.9 Å². The van der Waals surface area contributed by atoms with E-state index in [0.29, 0.717) is 42.6 Å². The summed E-state index contributed by atoms with van der Waals surface area (Å²) >= 11 is 0. The van der Waals surface area contributed by atoms with E-state index in [1.54, 1.807) is 29.0 Å². The quantitative estimate of drug-likeness (QED) is 0.834. The zero-order chi connectivity index (χ0) is 18.3. The Hall–Kier alpha value is -2.84. The highest BCUT2D eigenvalue weighted by Gasteiger charge is 2.42. The summed E-state index contributed by atoms with van der Waals surface area (Å²) in [6, 6.07) is 4.04. The Morgan fingerprint density at radius 2 is 2.23 bits per heavy atom. The predicted molar refractivity (Wildman–Crippen MR) is 87.9 cm³/mol. The molecule has 0 radical (unpaired) electrons. The zero-order valence-corrected chi connectivity index (χ0v) is 14.0. The molecule has 2 aliphatic heterocycles. The molecule has 0 saturated carbocycles. The van der Waals surface area contributed by atoms with Crippen molar-refractivity contribution in [3.05, 3.63) is 24.4 Å². The number of carbonyl (C=O) groups is 1. The van der Waals surface area contributed by atoms with E-state index in [0.717, 1.165) is 4.90 Å². The topological polar surface area (TPSA) is 65.8 Å². The maximum Gasteiger partial charge on any atom is 0.416 e. The summed E-state index contributed by atoms with van der Waals surface area (Å²) in [5, 5.41) is 0. The zero-order valence-electron chi connectivity index (χ0n) is 14.0. The molecule has 1 aromatic carbocycles. The summed E-state index contributed by atoms with van der Waals surface area (Å²) < 4.78 is 44.2. The van der Waals surface area contributed by atoms with Gasteiger partial charge in [-0.15, -0.1) is 0 Å². The number of alkyl halides is 2. The van der Waals surface area contributed by atoms with Crippen LogP contribution >= 0.6 is 0 Å². The summed E-state index contributed by atoms with van der Waals surface area (Å²) in [5.41, 5.74) is 0.707. The number of halogens is 2. The van der Waals surface area contributed by atoms with Crippen LogP contribution in [0.15, 0.2) is 24.4 Å². The molecule has 2 aliphatic rings. The molecular formula is C17H17F2N3O4. The largest absolute Gasteiger partial charge is 0.494 e. The lowest BCUT2D eigenvalue weighted by atomic mass is 10.2. The second-order valence-electron chi connectivity index (χ2n) is 5.90. The van der Waals surface area contributed by atoms with Gasteiger partial charge >= 0.3 is 6.09 Å². The molecule has 0 aliphatic carbocycles. The van der Waals surface area contributed by atoms with Gasteiger partial charge in [-0.25, -0.2) is 23.5 Å². The molecule has 7 nitrogen and oxygen atoms in total. The van der Waals surface area contributed by atoms with Gasteiger partial charge in [0.05, 0.1) is 18.7 Å². The van der Waals surface area contributed by atoms with Gasteiger partial charge in [-0.05, 0) is 19.1 Å². The maximum atomic E-state index is 13.2. The molecule has 0 spiro atoms. The second kappa shape index (κ2) is 6.47. The first-order valence-electron chi connectivity index (χ1n) is 8.30. The molecule has 138 valence electrons. The molecule has 0 N–H and O–H groups in total. The molecule has 0 bridgehead atoms. The average Bonchev–Trinajstić information content (AvgIpc) is 3.15. The Bertz CT molecular complexity index is 839. The first-order chi connectivity index (χ1) is 12.6. The first kappa shape index (κ1) is 16.6.